The minimum absolute atomic E-state index is 0.0811. The number of benzene rings is 2. The second kappa shape index (κ2) is 8.89. The first kappa shape index (κ1) is 19.3. The molecule has 0 unspecified atom stereocenters. The summed E-state index contributed by atoms with van der Waals surface area (Å²) in [5.41, 5.74) is 0.486. The van der Waals surface area contributed by atoms with Gasteiger partial charge in [-0.1, -0.05) is 48.5 Å². The van der Waals surface area contributed by atoms with E-state index in [2.05, 4.69) is 0 Å². The molecule has 0 amide bonds. The number of esters is 2. The number of ether oxygens (including phenoxy) is 2. The van der Waals surface area contributed by atoms with Crippen LogP contribution in [-0.4, -0.2) is 31.9 Å². The van der Waals surface area contributed by atoms with Crippen LogP contribution in [0.15, 0.2) is 54.6 Å². The van der Waals surface area contributed by atoms with Crippen LogP contribution in [0.25, 0.3) is 0 Å². The third-order valence-corrected chi connectivity index (χ3v) is 4.12. The highest BCUT2D eigenvalue weighted by Gasteiger charge is 2.40. The van der Waals surface area contributed by atoms with E-state index in [0.29, 0.717) is 5.56 Å². The Morgan fingerprint density at radius 2 is 1.42 bits per heavy atom. The summed E-state index contributed by atoms with van der Waals surface area (Å²) in [6.07, 6.45) is -0.250. The number of hydrogen-bond donors (Lipinski definition) is 0. The molecule has 0 aliphatic carbocycles. The summed E-state index contributed by atoms with van der Waals surface area (Å²) in [6.45, 7) is 0. The van der Waals surface area contributed by atoms with Crippen LogP contribution in [0, 0.1) is 11.7 Å². The zero-order valence-electron chi connectivity index (χ0n) is 14.5. The number of ketones is 1. The highest BCUT2D eigenvalue weighted by molar-refractivity contribution is 6.00. The molecule has 0 heterocycles. The van der Waals surface area contributed by atoms with Gasteiger partial charge in [-0.25, -0.2) is 4.39 Å². The van der Waals surface area contributed by atoms with E-state index in [9.17, 15) is 18.8 Å². The van der Waals surface area contributed by atoms with Gasteiger partial charge in [-0.3, -0.25) is 14.4 Å². The standard InChI is InChI=1S/C20H19FO5/c1-25-19(23)18(20(24)26-2)15(14-10-6-7-11-16(14)21)12-17(22)13-8-4-3-5-9-13/h3-11,15,18H,12H2,1-2H3/t15-/m0/s1. The fourth-order valence-corrected chi connectivity index (χ4v) is 2.80. The number of hydrogen-bond acceptors (Lipinski definition) is 5. The van der Waals surface area contributed by atoms with Crippen LogP contribution >= 0.6 is 0 Å². The highest BCUT2D eigenvalue weighted by Crippen LogP contribution is 2.33. The molecule has 5 nitrogen and oxygen atoms in total. The number of carbonyl (C=O) groups excluding carboxylic acids is 3. The largest absolute Gasteiger partial charge is 0.468 e. The van der Waals surface area contributed by atoms with Crippen LogP contribution in [0.1, 0.15) is 28.3 Å². The first-order valence-electron chi connectivity index (χ1n) is 7.98. The van der Waals surface area contributed by atoms with E-state index in [-0.39, 0.29) is 17.8 Å². The van der Waals surface area contributed by atoms with Crippen molar-refractivity contribution in [2.75, 3.05) is 14.2 Å². The maximum absolute atomic E-state index is 14.4. The van der Waals surface area contributed by atoms with Crippen molar-refractivity contribution in [3.8, 4) is 0 Å². The smallest absolute Gasteiger partial charge is 0.320 e. The van der Waals surface area contributed by atoms with Crippen molar-refractivity contribution in [3.05, 3.63) is 71.5 Å². The molecule has 2 aromatic rings. The molecule has 0 N–H and O–H groups in total. The molecule has 0 radical (unpaired) electrons. The average Bonchev–Trinajstić information content (AvgIpc) is 2.68. The fraction of sp³-hybridized carbons (Fsp3) is 0.250. The van der Waals surface area contributed by atoms with Gasteiger partial charge in [-0.05, 0) is 11.6 Å². The van der Waals surface area contributed by atoms with Gasteiger partial charge >= 0.3 is 11.9 Å². The lowest BCUT2D eigenvalue weighted by Crippen LogP contribution is -2.34. The van der Waals surface area contributed by atoms with E-state index in [0.717, 1.165) is 14.2 Å². The minimum atomic E-state index is -1.45. The molecule has 1 atom stereocenters. The third-order valence-electron chi connectivity index (χ3n) is 4.12. The summed E-state index contributed by atoms with van der Waals surface area (Å²) < 4.78 is 23.8. The lowest BCUT2D eigenvalue weighted by Gasteiger charge is -2.23. The molecule has 0 aliphatic heterocycles. The Bertz CT molecular complexity index is 772. The van der Waals surface area contributed by atoms with Crippen LogP contribution in [0.2, 0.25) is 0 Å². The van der Waals surface area contributed by atoms with Gasteiger partial charge in [0.05, 0.1) is 14.2 Å². The van der Waals surface area contributed by atoms with E-state index >= 15 is 0 Å². The van der Waals surface area contributed by atoms with Crippen LogP contribution in [-0.2, 0) is 19.1 Å². The molecule has 136 valence electrons. The van der Waals surface area contributed by atoms with Gasteiger partial charge in [0.15, 0.2) is 11.7 Å². The van der Waals surface area contributed by atoms with E-state index in [1.165, 1.54) is 18.2 Å². The van der Waals surface area contributed by atoms with Gasteiger partial charge in [-0.2, -0.15) is 0 Å². The highest BCUT2D eigenvalue weighted by atomic mass is 19.1. The minimum Gasteiger partial charge on any atom is -0.468 e. The molecule has 2 rings (SSSR count). The molecule has 2 aromatic carbocycles. The zero-order valence-corrected chi connectivity index (χ0v) is 14.5. The predicted molar refractivity (Wildman–Crippen MR) is 92.1 cm³/mol. The number of halogens is 1. The molecule has 0 saturated carbocycles. The van der Waals surface area contributed by atoms with Gasteiger partial charge in [0.1, 0.15) is 5.82 Å². The van der Waals surface area contributed by atoms with Crippen molar-refractivity contribution in [1.82, 2.24) is 0 Å². The van der Waals surface area contributed by atoms with Gasteiger partial charge in [-0.15, -0.1) is 0 Å². The Balaban J connectivity index is 2.47. The van der Waals surface area contributed by atoms with Gasteiger partial charge in [0, 0.05) is 17.9 Å². The lowest BCUT2D eigenvalue weighted by atomic mass is 9.81. The van der Waals surface area contributed by atoms with Crippen LogP contribution in [0.4, 0.5) is 4.39 Å². The zero-order chi connectivity index (χ0) is 19.1. The van der Waals surface area contributed by atoms with Crippen molar-refractivity contribution in [2.45, 2.75) is 12.3 Å². The van der Waals surface area contributed by atoms with Crippen LogP contribution < -0.4 is 0 Å². The SMILES string of the molecule is COC(=O)C(C(=O)OC)[C@@H](CC(=O)c1ccccc1)c1ccccc1F. The number of Topliss-reactive ketones (excluding diaryl/α,β-unsaturated/α-hetero) is 1. The quantitative estimate of drug-likeness (QED) is 0.432. The van der Waals surface area contributed by atoms with E-state index in [4.69, 9.17) is 9.47 Å². The summed E-state index contributed by atoms with van der Waals surface area (Å²) in [4.78, 5) is 37.0. The second-order valence-corrected chi connectivity index (χ2v) is 5.65. The number of rotatable bonds is 7. The fourth-order valence-electron chi connectivity index (χ4n) is 2.80. The van der Waals surface area contributed by atoms with Crippen molar-refractivity contribution >= 4 is 17.7 Å². The molecule has 6 heteroatoms. The molecular weight excluding hydrogens is 339 g/mol. The first-order chi connectivity index (χ1) is 12.5. The second-order valence-electron chi connectivity index (χ2n) is 5.65. The summed E-state index contributed by atoms with van der Waals surface area (Å²) in [7, 11) is 2.24. The first-order valence-corrected chi connectivity index (χ1v) is 7.98. The molecular formula is C20H19FO5. The Hall–Kier alpha value is -3.02. The van der Waals surface area contributed by atoms with E-state index in [1.807, 2.05) is 0 Å². The molecule has 26 heavy (non-hydrogen) atoms. The van der Waals surface area contributed by atoms with Gasteiger partial charge < -0.3 is 9.47 Å². The Kier molecular flexibility index (Phi) is 6.60. The lowest BCUT2D eigenvalue weighted by molar-refractivity contribution is -0.159. The van der Waals surface area contributed by atoms with Crippen LogP contribution in [0.5, 0.6) is 0 Å². The van der Waals surface area contributed by atoms with Crippen LogP contribution in [0.3, 0.4) is 0 Å². The van der Waals surface area contributed by atoms with Crippen molar-refractivity contribution in [1.29, 1.82) is 0 Å². The maximum Gasteiger partial charge on any atom is 0.320 e. The molecule has 0 saturated heterocycles. The molecule has 0 aromatic heterocycles. The monoisotopic (exact) mass is 358 g/mol. The number of carbonyl (C=O) groups is 3. The van der Waals surface area contributed by atoms with Crippen molar-refractivity contribution in [3.63, 3.8) is 0 Å². The summed E-state index contributed by atoms with van der Waals surface area (Å²) in [5, 5.41) is 0. The summed E-state index contributed by atoms with van der Waals surface area (Å²) in [5.74, 6) is -5.21. The number of methoxy groups -OCH3 is 2. The molecule has 0 spiro atoms. The van der Waals surface area contributed by atoms with Crippen molar-refractivity contribution in [2.24, 2.45) is 5.92 Å². The molecule has 0 bridgehead atoms. The Labute approximate surface area is 150 Å². The van der Waals surface area contributed by atoms with Gasteiger partial charge in [0.25, 0.3) is 0 Å². The topological polar surface area (TPSA) is 69.7 Å². The van der Waals surface area contributed by atoms with E-state index < -0.39 is 29.6 Å². The normalized spacial score (nSPS) is 11.7. The van der Waals surface area contributed by atoms with Gasteiger partial charge in [0.2, 0.25) is 0 Å². The van der Waals surface area contributed by atoms with Crippen molar-refractivity contribution < 1.29 is 28.2 Å². The third kappa shape index (κ3) is 4.33. The van der Waals surface area contributed by atoms with E-state index in [1.54, 1.807) is 36.4 Å². The molecule has 0 aliphatic rings. The summed E-state index contributed by atoms with van der Waals surface area (Å²) >= 11 is 0. The average molecular weight is 358 g/mol. The molecule has 0 fully saturated rings. The maximum atomic E-state index is 14.4. The Morgan fingerprint density at radius 3 is 1.96 bits per heavy atom. The predicted octanol–water partition coefficient (Wildman–Crippen LogP) is 3.14. The summed E-state index contributed by atoms with van der Waals surface area (Å²) in [6, 6.07) is 14.1. The Morgan fingerprint density at radius 1 is 0.885 bits per heavy atom.